The van der Waals surface area contributed by atoms with Crippen LogP contribution < -0.4 is 10.1 Å². The molecule has 0 atom stereocenters. The van der Waals surface area contributed by atoms with Crippen molar-refractivity contribution in [3.05, 3.63) is 59.7 Å². The minimum Gasteiger partial charge on any atom is -0.494 e. The number of carbonyl (C=O) groups excluding carboxylic acids is 1. The number of carbonyl (C=O) groups is 1. The molecule has 0 saturated heterocycles. The molecule has 0 aliphatic heterocycles. The van der Waals surface area contributed by atoms with Gasteiger partial charge in [-0.05, 0) is 43.5 Å². The van der Waals surface area contributed by atoms with Crippen LogP contribution in [0.15, 0.2) is 48.5 Å². The number of aryl methyl sites for hydroxylation is 1. The van der Waals surface area contributed by atoms with Crippen LogP contribution in [0.25, 0.3) is 0 Å². The van der Waals surface area contributed by atoms with Crippen LogP contribution in [0.2, 0.25) is 0 Å². The van der Waals surface area contributed by atoms with Crippen molar-refractivity contribution in [3.8, 4) is 5.75 Å². The minimum absolute atomic E-state index is 0.112. The van der Waals surface area contributed by atoms with Crippen molar-refractivity contribution < 1.29 is 9.53 Å². The Hall–Kier alpha value is -2.29. The monoisotopic (exact) mass is 297 g/mol. The number of benzene rings is 2. The van der Waals surface area contributed by atoms with Crippen molar-refractivity contribution in [1.29, 1.82) is 0 Å². The van der Waals surface area contributed by atoms with Crippen LogP contribution in [0.4, 0.5) is 5.69 Å². The standard InChI is InChI=1S/C19H23NO2/c1-14(2)11-12-22-18-6-4-5-17(13-18)20-19(21)16-9-7-15(3)8-10-16/h4-10,13-14H,11-12H2,1-3H3,(H,20,21). The van der Waals surface area contributed by atoms with E-state index in [-0.39, 0.29) is 5.91 Å². The number of amides is 1. The average Bonchev–Trinajstić information content (AvgIpc) is 2.48. The SMILES string of the molecule is Cc1ccc(C(=O)Nc2cccc(OCCC(C)C)c2)cc1. The van der Waals surface area contributed by atoms with Gasteiger partial charge in [-0.2, -0.15) is 0 Å². The van der Waals surface area contributed by atoms with Crippen LogP contribution in [0.5, 0.6) is 5.75 Å². The Bertz CT molecular complexity index is 618. The molecule has 0 spiro atoms. The van der Waals surface area contributed by atoms with Crippen molar-refractivity contribution in [2.24, 2.45) is 5.92 Å². The predicted octanol–water partition coefficient (Wildman–Crippen LogP) is 4.67. The van der Waals surface area contributed by atoms with E-state index in [2.05, 4.69) is 19.2 Å². The van der Waals surface area contributed by atoms with Gasteiger partial charge in [0.15, 0.2) is 0 Å². The molecule has 1 amide bonds. The van der Waals surface area contributed by atoms with Crippen LogP contribution in [-0.4, -0.2) is 12.5 Å². The first-order valence-corrected chi connectivity index (χ1v) is 7.65. The zero-order valence-corrected chi connectivity index (χ0v) is 13.4. The summed E-state index contributed by atoms with van der Waals surface area (Å²) in [5, 5.41) is 2.90. The zero-order chi connectivity index (χ0) is 15.9. The van der Waals surface area contributed by atoms with Crippen molar-refractivity contribution in [2.45, 2.75) is 27.2 Å². The summed E-state index contributed by atoms with van der Waals surface area (Å²) in [7, 11) is 0. The topological polar surface area (TPSA) is 38.3 Å². The molecule has 0 heterocycles. The molecule has 0 aliphatic rings. The van der Waals surface area contributed by atoms with E-state index < -0.39 is 0 Å². The second kappa shape index (κ2) is 7.64. The van der Waals surface area contributed by atoms with Gasteiger partial charge in [0, 0.05) is 17.3 Å². The molecule has 0 aromatic heterocycles. The fraction of sp³-hybridized carbons (Fsp3) is 0.316. The quantitative estimate of drug-likeness (QED) is 0.841. The maximum absolute atomic E-state index is 12.2. The van der Waals surface area contributed by atoms with Gasteiger partial charge >= 0.3 is 0 Å². The van der Waals surface area contributed by atoms with Gasteiger partial charge in [-0.15, -0.1) is 0 Å². The maximum atomic E-state index is 12.2. The third-order valence-corrected chi connectivity index (χ3v) is 3.37. The number of ether oxygens (including phenoxy) is 1. The Kier molecular flexibility index (Phi) is 5.59. The molecular formula is C19H23NO2. The van der Waals surface area contributed by atoms with Crippen molar-refractivity contribution in [3.63, 3.8) is 0 Å². The smallest absolute Gasteiger partial charge is 0.255 e. The van der Waals surface area contributed by atoms with Crippen LogP contribution in [-0.2, 0) is 0 Å². The number of anilines is 1. The molecule has 22 heavy (non-hydrogen) atoms. The number of rotatable bonds is 6. The average molecular weight is 297 g/mol. The predicted molar refractivity (Wildman–Crippen MR) is 90.5 cm³/mol. The van der Waals surface area contributed by atoms with E-state index in [1.165, 1.54) is 0 Å². The Morgan fingerprint density at radius 2 is 1.86 bits per heavy atom. The molecule has 3 heteroatoms. The highest BCUT2D eigenvalue weighted by Gasteiger charge is 2.06. The molecule has 2 rings (SSSR count). The molecule has 116 valence electrons. The first kappa shape index (κ1) is 16.1. The van der Waals surface area contributed by atoms with E-state index in [0.717, 1.165) is 23.4 Å². The summed E-state index contributed by atoms with van der Waals surface area (Å²) >= 11 is 0. The Morgan fingerprint density at radius 3 is 2.55 bits per heavy atom. The molecule has 0 fully saturated rings. The molecule has 0 saturated carbocycles. The maximum Gasteiger partial charge on any atom is 0.255 e. The lowest BCUT2D eigenvalue weighted by Gasteiger charge is -2.10. The van der Waals surface area contributed by atoms with Gasteiger partial charge in [0.05, 0.1) is 6.61 Å². The normalized spacial score (nSPS) is 10.5. The van der Waals surface area contributed by atoms with Crippen LogP contribution >= 0.6 is 0 Å². The van der Waals surface area contributed by atoms with Gasteiger partial charge in [0.2, 0.25) is 0 Å². The fourth-order valence-electron chi connectivity index (χ4n) is 1.98. The van der Waals surface area contributed by atoms with Gasteiger partial charge in [-0.3, -0.25) is 4.79 Å². The molecule has 0 bridgehead atoms. The third-order valence-electron chi connectivity index (χ3n) is 3.37. The Labute approximate surface area is 132 Å². The first-order chi connectivity index (χ1) is 10.5. The van der Waals surface area contributed by atoms with Crippen molar-refractivity contribution in [1.82, 2.24) is 0 Å². The number of hydrogen-bond donors (Lipinski definition) is 1. The minimum atomic E-state index is -0.112. The van der Waals surface area contributed by atoms with Gasteiger partial charge in [0.25, 0.3) is 5.91 Å². The summed E-state index contributed by atoms with van der Waals surface area (Å²) in [4.78, 5) is 12.2. The highest BCUT2D eigenvalue weighted by molar-refractivity contribution is 6.04. The highest BCUT2D eigenvalue weighted by Crippen LogP contribution is 2.19. The lowest BCUT2D eigenvalue weighted by atomic mass is 10.1. The van der Waals surface area contributed by atoms with Gasteiger partial charge in [0.1, 0.15) is 5.75 Å². The summed E-state index contributed by atoms with van der Waals surface area (Å²) in [6, 6.07) is 15.0. The lowest BCUT2D eigenvalue weighted by molar-refractivity contribution is 0.102. The number of nitrogens with one attached hydrogen (secondary N) is 1. The van der Waals surface area contributed by atoms with E-state index in [1.807, 2.05) is 55.5 Å². The van der Waals surface area contributed by atoms with Crippen LogP contribution in [0, 0.1) is 12.8 Å². The molecule has 0 unspecified atom stereocenters. The first-order valence-electron chi connectivity index (χ1n) is 7.65. The zero-order valence-electron chi connectivity index (χ0n) is 13.4. The Morgan fingerprint density at radius 1 is 1.14 bits per heavy atom. The molecule has 2 aromatic carbocycles. The van der Waals surface area contributed by atoms with E-state index in [9.17, 15) is 4.79 Å². The van der Waals surface area contributed by atoms with Crippen molar-refractivity contribution in [2.75, 3.05) is 11.9 Å². The molecule has 2 aromatic rings. The van der Waals surface area contributed by atoms with Crippen molar-refractivity contribution >= 4 is 11.6 Å². The summed E-state index contributed by atoms with van der Waals surface area (Å²) < 4.78 is 5.71. The van der Waals surface area contributed by atoms with Gasteiger partial charge < -0.3 is 10.1 Å². The largest absolute Gasteiger partial charge is 0.494 e. The van der Waals surface area contributed by atoms with E-state index in [1.54, 1.807) is 0 Å². The second-order valence-corrected chi connectivity index (χ2v) is 5.88. The fourth-order valence-corrected chi connectivity index (χ4v) is 1.98. The molecular weight excluding hydrogens is 274 g/mol. The van der Waals surface area contributed by atoms with Gasteiger partial charge in [-0.1, -0.05) is 37.6 Å². The lowest BCUT2D eigenvalue weighted by Crippen LogP contribution is -2.11. The number of hydrogen-bond acceptors (Lipinski definition) is 2. The summed E-state index contributed by atoms with van der Waals surface area (Å²) in [6.07, 6.45) is 1.01. The van der Waals surface area contributed by atoms with E-state index in [4.69, 9.17) is 4.74 Å². The highest BCUT2D eigenvalue weighted by atomic mass is 16.5. The summed E-state index contributed by atoms with van der Waals surface area (Å²) in [5.41, 5.74) is 2.53. The van der Waals surface area contributed by atoms with E-state index in [0.29, 0.717) is 18.1 Å². The molecule has 1 N–H and O–H groups in total. The molecule has 0 radical (unpaired) electrons. The van der Waals surface area contributed by atoms with Crippen LogP contribution in [0.1, 0.15) is 36.2 Å². The van der Waals surface area contributed by atoms with Gasteiger partial charge in [-0.25, -0.2) is 0 Å². The second-order valence-electron chi connectivity index (χ2n) is 5.88. The summed E-state index contributed by atoms with van der Waals surface area (Å²) in [6.45, 7) is 7.02. The third kappa shape index (κ3) is 4.92. The molecule has 0 aliphatic carbocycles. The summed E-state index contributed by atoms with van der Waals surface area (Å²) in [5.74, 6) is 1.28. The van der Waals surface area contributed by atoms with Crippen LogP contribution in [0.3, 0.4) is 0 Å². The Balaban J connectivity index is 1.97. The molecule has 3 nitrogen and oxygen atoms in total. The van der Waals surface area contributed by atoms with E-state index >= 15 is 0 Å².